The largest absolute Gasteiger partial charge is 0.480 e. The van der Waals surface area contributed by atoms with Crippen molar-refractivity contribution in [1.29, 1.82) is 0 Å². The fourth-order valence-electron chi connectivity index (χ4n) is 2.88. The zero-order valence-corrected chi connectivity index (χ0v) is 17.6. The van der Waals surface area contributed by atoms with Gasteiger partial charge in [0.15, 0.2) is 0 Å². The summed E-state index contributed by atoms with van der Waals surface area (Å²) in [5.41, 5.74) is 0.0626. The van der Waals surface area contributed by atoms with Crippen molar-refractivity contribution in [2.24, 2.45) is 5.92 Å². The van der Waals surface area contributed by atoms with Crippen molar-refractivity contribution in [1.82, 2.24) is 5.32 Å². The molecule has 0 aliphatic rings. The molecule has 0 aromatic heterocycles. The lowest BCUT2D eigenvalue weighted by atomic mass is 9.95. The molecule has 2 amide bonds. The van der Waals surface area contributed by atoms with Gasteiger partial charge in [0.2, 0.25) is 11.8 Å². The highest BCUT2D eigenvalue weighted by molar-refractivity contribution is 6.03. The fourth-order valence-corrected chi connectivity index (χ4v) is 2.88. The molecule has 1 aromatic carbocycles. The van der Waals surface area contributed by atoms with E-state index in [1.807, 2.05) is 6.92 Å². The lowest BCUT2D eigenvalue weighted by Crippen LogP contribution is -2.53. The number of carboxylic acids is 1. The highest BCUT2D eigenvalue weighted by atomic mass is 16.5. The van der Waals surface area contributed by atoms with Crippen molar-refractivity contribution >= 4 is 35.4 Å². The van der Waals surface area contributed by atoms with E-state index in [0.29, 0.717) is 6.42 Å². The number of ether oxygens (including phenoxy) is 2. The zero-order chi connectivity index (χ0) is 23.0. The van der Waals surface area contributed by atoms with Crippen molar-refractivity contribution in [2.75, 3.05) is 25.7 Å². The summed E-state index contributed by atoms with van der Waals surface area (Å²) < 4.78 is 9.40. The SMILES string of the molecule is CCC(C)C(C(=O)NCC(=O)O)N(C(C)=O)c1cc(C(=O)OC)cc(C(=O)OC)c1. The number of hydrogen-bond acceptors (Lipinski definition) is 7. The number of esters is 2. The van der Waals surface area contributed by atoms with Crippen LogP contribution in [0.1, 0.15) is 47.9 Å². The average Bonchev–Trinajstić information content (AvgIpc) is 2.73. The molecule has 1 aromatic rings. The Morgan fingerprint density at radius 3 is 1.90 bits per heavy atom. The van der Waals surface area contributed by atoms with E-state index in [0.717, 1.165) is 19.1 Å². The van der Waals surface area contributed by atoms with Gasteiger partial charge in [-0.15, -0.1) is 0 Å². The van der Waals surface area contributed by atoms with Crippen molar-refractivity contribution < 1.29 is 38.6 Å². The normalized spacial score (nSPS) is 12.3. The van der Waals surface area contributed by atoms with E-state index in [1.165, 1.54) is 25.1 Å². The van der Waals surface area contributed by atoms with Crippen LogP contribution in [0.2, 0.25) is 0 Å². The van der Waals surface area contributed by atoms with E-state index in [4.69, 9.17) is 14.6 Å². The van der Waals surface area contributed by atoms with Gasteiger partial charge in [-0.1, -0.05) is 20.3 Å². The molecule has 2 unspecified atom stereocenters. The molecule has 10 heteroatoms. The van der Waals surface area contributed by atoms with Gasteiger partial charge in [-0.25, -0.2) is 9.59 Å². The highest BCUT2D eigenvalue weighted by Crippen LogP contribution is 2.27. The number of hydrogen-bond donors (Lipinski definition) is 2. The number of amides is 2. The number of anilines is 1. The first-order valence-electron chi connectivity index (χ1n) is 9.18. The van der Waals surface area contributed by atoms with Gasteiger partial charge in [0.05, 0.1) is 25.3 Å². The van der Waals surface area contributed by atoms with E-state index in [9.17, 15) is 24.0 Å². The van der Waals surface area contributed by atoms with Crippen LogP contribution in [-0.2, 0) is 23.9 Å². The van der Waals surface area contributed by atoms with Crippen LogP contribution in [0, 0.1) is 5.92 Å². The van der Waals surface area contributed by atoms with E-state index in [-0.39, 0.29) is 22.7 Å². The smallest absolute Gasteiger partial charge is 0.337 e. The van der Waals surface area contributed by atoms with Crippen molar-refractivity contribution in [3.63, 3.8) is 0 Å². The molecule has 2 atom stereocenters. The van der Waals surface area contributed by atoms with Gasteiger partial charge < -0.3 is 19.9 Å². The molecule has 0 heterocycles. The first-order valence-corrected chi connectivity index (χ1v) is 9.18. The Labute approximate surface area is 174 Å². The van der Waals surface area contributed by atoms with Crippen molar-refractivity contribution in [3.8, 4) is 0 Å². The Morgan fingerprint density at radius 2 is 1.53 bits per heavy atom. The first kappa shape index (κ1) is 24.6. The third kappa shape index (κ3) is 6.03. The lowest BCUT2D eigenvalue weighted by Gasteiger charge is -2.34. The van der Waals surface area contributed by atoms with Crippen LogP contribution in [0.4, 0.5) is 5.69 Å². The molecule has 0 saturated carbocycles. The van der Waals surface area contributed by atoms with E-state index in [1.54, 1.807) is 6.92 Å². The van der Waals surface area contributed by atoms with Gasteiger partial charge in [0.25, 0.3) is 0 Å². The van der Waals surface area contributed by atoms with Crippen molar-refractivity contribution in [3.05, 3.63) is 29.3 Å². The van der Waals surface area contributed by atoms with Crippen LogP contribution in [0.5, 0.6) is 0 Å². The summed E-state index contributed by atoms with van der Waals surface area (Å²) in [6, 6.07) is 2.81. The van der Waals surface area contributed by atoms with Crippen LogP contribution in [-0.4, -0.2) is 61.6 Å². The Kier molecular flexibility index (Phi) is 8.97. The standard InChI is InChI=1S/C20H26N2O8/c1-6-11(2)17(18(26)21-10-16(24)25)22(12(3)23)15-8-13(19(27)29-4)7-14(9-15)20(28)30-5/h7-9,11,17H,6,10H2,1-5H3,(H,21,26)(H,24,25). The van der Waals surface area contributed by atoms with Crippen LogP contribution < -0.4 is 10.2 Å². The van der Waals surface area contributed by atoms with Gasteiger partial charge in [-0.2, -0.15) is 0 Å². The number of benzene rings is 1. The molecular formula is C20H26N2O8. The molecular weight excluding hydrogens is 396 g/mol. The first-order chi connectivity index (χ1) is 14.1. The van der Waals surface area contributed by atoms with Gasteiger partial charge in [0, 0.05) is 12.6 Å². The number of aliphatic carboxylic acids is 1. The molecule has 0 radical (unpaired) electrons. The van der Waals surface area contributed by atoms with Gasteiger partial charge >= 0.3 is 17.9 Å². The van der Waals surface area contributed by atoms with Crippen LogP contribution >= 0.6 is 0 Å². The maximum atomic E-state index is 12.8. The zero-order valence-electron chi connectivity index (χ0n) is 17.6. The van der Waals surface area contributed by atoms with Crippen LogP contribution in [0.3, 0.4) is 0 Å². The molecule has 30 heavy (non-hydrogen) atoms. The molecule has 0 bridgehead atoms. The minimum atomic E-state index is -1.23. The second kappa shape index (κ2) is 10.9. The van der Waals surface area contributed by atoms with E-state index >= 15 is 0 Å². The molecule has 10 nitrogen and oxygen atoms in total. The number of nitrogens with zero attached hydrogens (tertiary/aromatic N) is 1. The second-order valence-electron chi connectivity index (χ2n) is 6.58. The predicted octanol–water partition coefficient (Wildman–Crippen LogP) is 1.23. The Morgan fingerprint density at radius 1 is 1.03 bits per heavy atom. The summed E-state index contributed by atoms with van der Waals surface area (Å²) in [6.45, 7) is 4.15. The minimum Gasteiger partial charge on any atom is -0.480 e. The summed E-state index contributed by atoms with van der Waals surface area (Å²) in [5, 5.41) is 11.1. The number of nitrogens with one attached hydrogen (secondary N) is 1. The number of methoxy groups -OCH3 is 2. The molecule has 2 N–H and O–H groups in total. The monoisotopic (exact) mass is 422 g/mol. The third-order valence-electron chi connectivity index (χ3n) is 4.52. The van der Waals surface area contributed by atoms with Crippen molar-refractivity contribution in [2.45, 2.75) is 33.2 Å². The molecule has 0 aliphatic heterocycles. The van der Waals surface area contributed by atoms with Crippen LogP contribution in [0.15, 0.2) is 18.2 Å². The van der Waals surface area contributed by atoms with Crippen LogP contribution in [0.25, 0.3) is 0 Å². The second-order valence-corrected chi connectivity index (χ2v) is 6.58. The summed E-state index contributed by atoms with van der Waals surface area (Å²) in [4.78, 5) is 61.4. The lowest BCUT2D eigenvalue weighted by molar-refractivity contribution is -0.138. The molecule has 0 spiro atoms. The van der Waals surface area contributed by atoms with E-state index < -0.39 is 42.3 Å². The Balaban J connectivity index is 3.61. The summed E-state index contributed by atoms with van der Waals surface area (Å²) in [6.07, 6.45) is 0.496. The molecule has 164 valence electrons. The topological polar surface area (TPSA) is 139 Å². The number of rotatable bonds is 9. The summed E-state index contributed by atoms with van der Waals surface area (Å²) in [7, 11) is 2.33. The molecule has 0 saturated heterocycles. The maximum absolute atomic E-state index is 12.8. The Bertz CT molecular complexity index is 802. The summed E-state index contributed by atoms with van der Waals surface area (Å²) in [5.74, 6) is -4.32. The highest BCUT2D eigenvalue weighted by Gasteiger charge is 2.34. The number of carbonyl (C=O) groups is 5. The third-order valence-corrected chi connectivity index (χ3v) is 4.52. The molecule has 1 rings (SSSR count). The van der Waals surface area contributed by atoms with Gasteiger partial charge in [-0.3, -0.25) is 19.3 Å². The number of carbonyl (C=O) groups excluding carboxylic acids is 4. The van der Waals surface area contributed by atoms with Gasteiger partial charge in [-0.05, 0) is 24.1 Å². The Hall–Kier alpha value is -3.43. The molecule has 0 aliphatic carbocycles. The quantitative estimate of drug-likeness (QED) is 0.567. The average molecular weight is 422 g/mol. The fraction of sp³-hybridized carbons (Fsp3) is 0.450. The maximum Gasteiger partial charge on any atom is 0.337 e. The number of carboxylic acid groups (broad SMARTS) is 1. The summed E-state index contributed by atoms with van der Waals surface area (Å²) >= 11 is 0. The van der Waals surface area contributed by atoms with E-state index in [2.05, 4.69) is 5.32 Å². The van der Waals surface area contributed by atoms with Gasteiger partial charge in [0.1, 0.15) is 12.6 Å². The predicted molar refractivity (Wildman–Crippen MR) is 106 cm³/mol. The molecule has 0 fully saturated rings. The minimum absolute atomic E-state index is 0.0181.